The summed E-state index contributed by atoms with van der Waals surface area (Å²) >= 11 is 0. The molecule has 0 atom stereocenters. The number of nitrogens with one attached hydrogen (secondary N) is 2. The highest BCUT2D eigenvalue weighted by atomic mass is 32.2. The maximum atomic E-state index is 12.5. The molecule has 0 aliphatic carbocycles. The number of benzene rings is 3. The van der Waals surface area contributed by atoms with E-state index in [4.69, 9.17) is 0 Å². The van der Waals surface area contributed by atoms with Crippen molar-refractivity contribution in [2.75, 3.05) is 21.5 Å². The summed E-state index contributed by atoms with van der Waals surface area (Å²) in [4.78, 5) is 26.1. The number of sulfonamides is 1. The molecule has 0 spiro atoms. The molecule has 4 rings (SSSR count). The quantitative estimate of drug-likeness (QED) is 0.614. The van der Waals surface area contributed by atoms with Gasteiger partial charge in [-0.1, -0.05) is 18.2 Å². The van der Waals surface area contributed by atoms with Crippen molar-refractivity contribution >= 4 is 38.9 Å². The van der Waals surface area contributed by atoms with Gasteiger partial charge < -0.3 is 10.2 Å². The van der Waals surface area contributed by atoms with E-state index in [9.17, 15) is 18.0 Å². The lowest BCUT2D eigenvalue weighted by molar-refractivity contribution is -0.117. The molecule has 2 amide bonds. The van der Waals surface area contributed by atoms with E-state index in [0.717, 1.165) is 12.1 Å². The van der Waals surface area contributed by atoms with Gasteiger partial charge in [0.2, 0.25) is 5.91 Å². The second kappa shape index (κ2) is 8.61. The molecule has 158 valence electrons. The fourth-order valence-corrected chi connectivity index (χ4v) is 4.41. The van der Waals surface area contributed by atoms with Gasteiger partial charge in [-0.15, -0.1) is 0 Å². The number of hydrogen-bond acceptors (Lipinski definition) is 4. The summed E-state index contributed by atoms with van der Waals surface area (Å²) in [5, 5.41) is 2.78. The van der Waals surface area contributed by atoms with Gasteiger partial charge in [0.1, 0.15) is 0 Å². The van der Waals surface area contributed by atoms with E-state index < -0.39 is 10.0 Å². The molecule has 1 fully saturated rings. The van der Waals surface area contributed by atoms with Gasteiger partial charge in [0.25, 0.3) is 15.9 Å². The standard InChI is InChI=1S/C23H21N3O4S/c27-22-7-4-16-26(22)20-12-10-18(11-13-20)24-23(28)17-8-14-21(15-9-17)31(29,30)25-19-5-2-1-3-6-19/h1-3,5-6,8-15,25H,4,7,16H2,(H,24,28). The van der Waals surface area contributed by atoms with Crippen LogP contribution in [0.15, 0.2) is 83.8 Å². The SMILES string of the molecule is O=C(Nc1ccc(N2CCCC2=O)cc1)c1ccc(S(=O)(=O)Nc2ccccc2)cc1. The Morgan fingerprint density at radius 3 is 2.13 bits per heavy atom. The van der Waals surface area contributed by atoms with Crippen molar-refractivity contribution in [1.82, 2.24) is 0 Å². The summed E-state index contributed by atoms with van der Waals surface area (Å²) in [6.45, 7) is 0.707. The zero-order valence-corrected chi connectivity index (χ0v) is 17.4. The van der Waals surface area contributed by atoms with Crippen LogP contribution in [0.4, 0.5) is 17.1 Å². The van der Waals surface area contributed by atoms with Crippen molar-refractivity contribution in [3.8, 4) is 0 Å². The molecule has 3 aromatic rings. The van der Waals surface area contributed by atoms with E-state index >= 15 is 0 Å². The average molecular weight is 436 g/mol. The Hall–Kier alpha value is -3.65. The second-order valence-electron chi connectivity index (χ2n) is 7.15. The van der Waals surface area contributed by atoms with Crippen LogP contribution in [-0.2, 0) is 14.8 Å². The Kier molecular flexibility index (Phi) is 5.73. The van der Waals surface area contributed by atoms with Gasteiger partial charge in [0.15, 0.2) is 0 Å². The Bertz CT molecular complexity index is 1190. The summed E-state index contributed by atoms with van der Waals surface area (Å²) in [6.07, 6.45) is 1.41. The van der Waals surface area contributed by atoms with Crippen LogP contribution in [0.1, 0.15) is 23.2 Å². The minimum atomic E-state index is -3.75. The molecule has 2 N–H and O–H groups in total. The van der Waals surface area contributed by atoms with Crippen molar-refractivity contribution in [2.24, 2.45) is 0 Å². The molecule has 8 heteroatoms. The van der Waals surface area contributed by atoms with Crippen LogP contribution in [0.25, 0.3) is 0 Å². The Morgan fingerprint density at radius 1 is 0.839 bits per heavy atom. The molecule has 0 saturated carbocycles. The third-order valence-corrected chi connectivity index (χ3v) is 6.36. The number of carbonyl (C=O) groups excluding carboxylic acids is 2. The molecule has 1 aliphatic heterocycles. The fraction of sp³-hybridized carbons (Fsp3) is 0.130. The van der Waals surface area contributed by atoms with Crippen LogP contribution >= 0.6 is 0 Å². The Morgan fingerprint density at radius 2 is 1.52 bits per heavy atom. The van der Waals surface area contributed by atoms with Crippen molar-refractivity contribution < 1.29 is 18.0 Å². The summed E-state index contributed by atoms with van der Waals surface area (Å²) < 4.78 is 27.5. The van der Waals surface area contributed by atoms with E-state index in [1.807, 2.05) is 0 Å². The maximum absolute atomic E-state index is 12.5. The van der Waals surface area contributed by atoms with E-state index in [-0.39, 0.29) is 16.7 Å². The van der Waals surface area contributed by atoms with Crippen molar-refractivity contribution in [1.29, 1.82) is 0 Å². The van der Waals surface area contributed by atoms with Gasteiger partial charge in [-0.3, -0.25) is 14.3 Å². The largest absolute Gasteiger partial charge is 0.322 e. The van der Waals surface area contributed by atoms with Gasteiger partial charge in [-0.25, -0.2) is 8.42 Å². The first-order valence-corrected chi connectivity index (χ1v) is 11.3. The van der Waals surface area contributed by atoms with Gasteiger partial charge in [0, 0.05) is 35.6 Å². The predicted octanol–water partition coefficient (Wildman–Crippen LogP) is 3.87. The fourth-order valence-electron chi connectivity index (χ4n) is 3.35. The molecule has 1 aliphatic rings. The summed E-state index contributed by atoms with van der Waals surface area (Å²) in [5.74, 6) is -0.251. The lowest BCUT2D eigenvalue weighted by Gasteiger charge is -2.16. The van der Waals surface area contributed by atoms with E-state index in [0.29, 0.717) is 29.9 Å². The normalized spacial score (nSPS) is 13.8. The van der Waals surface area contributed by atoms with Crippen LogP contribution < -0.4 is 14.9 Å². The van der Waals surface area contributed by atoms with Crippen LogP contribution in [-0.4, -0.2) is 26.8 Å². The first kappa shape index (κ1) is 20.6. The molecule has 1 saturated heterocycles. The number of nitrogens with zero attached hydrogens (tertiary/aromatic N) is 1. The molecule has 0 bridgehead atoms. The minimum Gasteiger partial charge on any atom is -0.322 e. The average Bonchev–Trinajstić information content (AvgIpc) is 3.20. The molecule has 31 heavy (non-hydrogen) atoms. The lowest BCUT2D eigenvalue weighted by atomic mass is 10.2. The molecule has 1 heterocycles. The summed E-state index contributed by atoms with van der Waals surface area (Å²) in [6, 6.07) is 21.4. The van der Waals surface area contributed by atoms with E-state index in [2.05, 4.69) is 10.0 Å². The van der Waals surface area contributed by atoms with Crippen molar-refractivity contribution in [3.05, 3.63) is 84.4 Å². The highest BCUT2D eigenvalue weighted by Crippen LogP contribution is 2.23. The molecule has 0 aromatic heterocycles. The monoisotopic (exact) mass is 435 g/mol. The zero-order chi connectivity index (χ0) is 21.8. The van der Waals surface area contributed by atoms with Crippen molar-refractivity contribution in [2.45, 2.75) is 17.7 Å². The number of amides is 2. The van der Waals surface area contributed by atoms with E-state index in [1.54, 1.807) is 59.5 Å². The topological polar surface area (TPSA) is 95.6 Å². The number of rotatable bonds is 6. The number of hydrogen-bond donors (Lipinski definition) is 2. The first-order valence-electron chi connectivity index (χ1n) is 9.82. The third-order valence-electron chi connectivity index (χ3n) is 4.96. The molecule has 7 nitrogen and oxygen atoms in total. The Balaban J connectivity index is 1.42. The predicted molar refractivity (Wildman–Crippen MR) is 120 cm³/mol. The van der Waals surface area contributed by atoms with Crippen LogP contribution in [0.3, 0.4) is 0 Å². The first-order chi connectivity index (χ1) is 14.9. The van der Waals surface area contributed by atoms with Crippen molar-refractivity contribution in [3.63, 3.8) is 0 Å². The smallest absolute Gasteiger partial charge is 0.261 e. The number of anilines is 3. The molecular weight excluding hydrogens is 414 g/mol. The summed E-state index contributed by atoms with van der Waals surface area (Å²) in [7, 11) is -3.75. The highest BCUT2D eigenvalue weighted by molar-refractivity contribution is 7.92. The summed E-state index contributed by atoms with van der Waals surface area (Å²) in [5.41, 5.74) is 2.18. The van der Waals surface area contributed by atoms with Gasteiger partial charge in [-0.05, 0) is 67.1 Å². The third kappa shape index (κ3) is 4.75. The second-order valence-corrected chi connectivity index (χ2v) is 8.83. The van der Waals surface area contributed by atoms with Crippen LogP contribution in [0.2, 0.25) is 0 Å². The maximum Gasteiger partial charge on any atom is 0.261 e. The van der Waals surface area contributed by atoms with Crippen LogP contribution in [0.5, 0.6) is 0 Å². The van der Waals surface area contributed by atoms with Crippen LogP contribution in [0, 0.1) is 0 Å². The van der Waals surface area contributed by atoms with E-state index in [1.165, 1.54) is 24.3 Å². The molecule has 3 aromatic carbocycles. The number of carbonyl (C=O) groups is 2. The van der Waals surface area contributed by atoms with Gasteiger partial charge in [0.05, 0.1) is 4.90 Å². The highest BCUT2D eigenvalue weighted by Gasteiger charge is 2.21. The number of para-hydroxylation sites is 1. The van der Waals surface area contributed by atoms with Gasteiger partial charge in [-0.2, -0.15) is 0 Å². The Labute approximate surface area is 180 Å². The molecule has 0 unspecified atom stereocenters. The molecular formula is C23H21N3O4S. The van der Waals surface area contributed by atoms with Gasteiger partial charge >= 0.3 is 0 Å². The lowest BCUT2D eigenvalue weighted by Crippen LogP contribution is -2.23. The minimum absolute atomic E-state index is 0.0625. The molecule has 0 radical (unpaired) electrons. The zero-order valence-electron chi connectivity index (χ0n) is 16.6.